The van der Waals surface area contributed by atoms with Crippen molar-refractivity contribution in [3.05, 3.63) is 57.9 Å². The van der Waals surface area contributed by atoms with Crippen molar-refractivity contribution in [3.8, 4) is 6.07 Å². The van der Waals surface area contributed by atoms with Crippen LogP contribution >= 0.6 is 0 Å². The Morgan fingerprint density at radius 2 is 2.33 bits per heavy atom. The van der Waals surface area contributed by atoms with E-state index >= 15 is 0 Å². The molecule has 0 amide bonds. The molecule has 0 aromatic carbocycles. The van der Waals surface area contributed by atoms with Crippen molar-refractivity contribution in [1.82, 2.24) is 4.57 Å². The minimum atomic E-state index is -1.00. The molecular formula is C16H16N2O6. The summed E-state index contributed by atoms with van der Waals surface area (Å²) in [6.45, 7) is 0.0125. The highest BCUT2D eigenvalue weighted by molar-refractivity contribution is 5.89. The highest BCUT2D eigenvalue weighted by Crippen LogP contribution is 2.05. The number of carbonyl (C=O) groups excluding carboxylic acids is 1. The molecule has 2 aromatic rings. The number of esters is 1. The largest absolute Gasteiger partial charge is 0.467 e. The van der Waals surface area contributed by atoms with Crippen LogP contribution in [0.25, 0.3) is 0 Å². The Kier molecular flexibility index (Phi) is 5.89. The van der Waals surface area contributed by atoms with Gasteiger partial charge in [-0.15, -0.1) is 0 Å². The van der Waals surface area contributed by atoms with Crippen molar-refractivity contribution < 1.29 is 23.8 Å². The van der Waals surface area contributed by atoms with E-state index in [9.17, 15) is 14.7 Å². The average molecular weight is 332 g/mol. The molecule has 8 nitrogen and oxygen atoms in total. The van der Waals surface area contributed by atoms with Crippen molar-refractivity contribution in [2.45, 2.75) is 19.3 Å². The number of carbonyl (C=O) groups is 1. The normalized spacial score (nSPS) is 11.7. The first-order valence-electron chi connectivity index (χ1n) is 7.06. The predicted molar refractivity (Wildman–Crippen MR) is 81.1 cm³/mol. The second-order valence-corrected chi connectivity index (χ2v) is 4.95. The number of nitrogens with zero attached hydrogens (tertiary/aromatic N) is 2. The first-order valence-corrected chi connectivity index (χ1v) is 7.06. The smallest absolute Gasteiger partial charge is 0.339 e. The predicted octanol–water partition coefficient (Wildman–Crippen LogP) is 0.677. The summed E-state index contributed by atoms with van der Waals surface area (Å²) in [7, 11) is 1.20. The summed E-state index contributed by atoms with van der Waals surface area (Å²) in [6, 6.07) is 6.33. The van der Waals surface area contributed by atoms with Crippen LogP contribution in [0.15, 0.2) is 39.9 Å². The Balaban J connectivity index is 2.06. The number of methoxy groups -OCH3 is 1. The number of hydrogen-bond acceptors (Lipinski definition) is 7. The number of pyridine rings is 1. The minimum Gasteiger partial charge on any atom is -0.467 e. The summed E-state index contributed by atoms with van der Waals surface area (Å²) in [5.41, 5.74) is -0.755. The Morgan fingerprint density at radius 1 is 1.54 bits per heavy atom. The van der Waals surface area contributed by atoms with Crippen molar-refractivity contribution in [2.24, 2.45) is 0 Å². The van der Waals surface area contributed by atoms with Gasteiger partial charge in [0.1, 0.15) is 24.0 Å². The molecule has 0 saturated heterocycles. The fourth-order valence-corrected chi connectivity index (χ4v) is 2.05. The van der Waals surface area contributed by atoms with Crippen LogP contribution in [0, 0.1) is 11.3 Å². The summed E-state index contributed by atoms with van der Waals surface area (Å²) >= 11 is 0. The van der Waals surface area contributed by atoms with Gasteiger partial charge in [0.25, 0.3) is 5.56 Å². The summed E-state index contributed by atoms with van der Waals surface area (Å²) in [6.07, 6.45) is 1.75. The van der Waals surface area contributed by atoms with Gasteiger partial charge in [0, 0.05) is 6.20 Å². The molecule has 0 saturated carbocycles. The molecule has 0 unspecified atom stereocenters. The van der Waals surface area contributed by atoms with Crippen LogP contribution in [-0.2, 0) is 22.6 Å². The van der Waals surface area contributed by atoms with Gasteiger partial charge in [0.05, 0.1) is 38.2 Å². The van der Waals surface area contributed by atoms with Gasteiger partial charge >= 0.3 is 5.97 Å². The lowest BCUT2D eigenvalue weighted by atomic mass is 10.2. The Morgan fingerprint density at radius 3 is 2.96 bits per heavy atom. The topological polar surface area (TPSA) is 115 Å². The fourth-order valence-electron chi connectivity index (χ4n) is 2.05. The highest BCUT2D eigenvalue weighted by atomic mass is 16.5. The number of furan rings is 1. The van der Waals surface area contributed by atoms with Crippen LogP contribution in [0.2, 0.25) is 0 Å². The van der Waals surface area contributed by atoms with Crippen LogP contribution < -0.4 is 5.56 Å². The molecule has 0 bridgehead atoms. The molecular weight excluding hydrogens is 316 g/mol. The summed E-state index contributed by atoms with van der Waals surface area (Å²) in [5.74, 6) is -0.0670. The van der Waals surface area contributed by atoms with Crippen molar-refractivity contribution in [3.63, 3.8) is 0 Å². The van der Waals surface area contributed by atoms with E-state index in [1.165, 1.54) is 19.6 Å². The van der Waals surface area contributed by atoms with E-state index in [-0.39, 0.29) is 30.9 Å². The molecule has 8 heteroatoms. The molecule has 0 fully saturated rings. The molecule has 0 aliphatic carbocycles. The quantitative estimate of drug-likeness (QED) is 0.741. The number of ether oxygens (including phenoxy) is 2. The van der Waals surface area contributed by atoms with E-state index in [1.54, 1.807) is 18.2 Å². The first kappa shape index (κ1) is 17.5. The average Bonchev–Trinajstić information content (AvgIpc) is 3.09. The fraction of sp³-hybridized carbons (Fsp3) is 0.312. The molecule has 2 aromatic heterocycles. The maximum Gasteiger partial charge on any atom is 0.339 e. The lowest BCUT2D eigenvalue weighted by molar-refractivity contribution is 0.0142. The van der Waals surface area contributed by atoms with Crippen LogP contribution in [0.3, 0.4) is 0 Å². The number of aliphatic hydroxyl groups excluding tert-OH is 1. The lowest BCUT2D eigenvalue weighted by Crippen LogP contribution is -2.31. The minimum absolute atomic E-state index is 0.0442. The van der Waals surface area contributed by atoms with E-state index in [2.05, 4.69) is 4.74 Å². The number of aliphatic hydroxyl groups is 1. The monoisotopic (exact) mass is 332 g/mol. The van der Waals surface area contributed by atoms with Gasteiger partial charge in [-0.05, 0) is 18.2 Å². The number of aromatic nitrogens is 1. The van der Waals surface area contributed by atoms with E-state index in [0.29, 0.717) is 5.76 Å². The van der Waals surface area contributed by atoms with Crippen molar-refractivity contribution >= 4 is 5.97 Å². The van der Waals surface area contributed by atoms with Crippen molar-refractivity contribution in [2.75, 3.05) is 13.7 Å². The van der Waals surface area contributed by atoms with Gasteiger partial charge in [-0.25, -0.2) is 4.79 Å². The third-order valence-electron chi connectivity index (χ3n) is 3.17. The Bertz CT molecular complexity index is 788. The van der Waals surface area contributed by atoms with E-state index < -0.39 is 17.6 Å². The molecule has 24 heavy (non-hydrogen) atoms. The number of nitriles is 1. The molecule has 126 valence electrons. The maximum atomic E-state index is 12.1. The SMILES string of the molecule is COC(=O)c1cc(C#N)c(=O)n(C[C@H](O)COCc2ccco2)c1. The summed E-state index contributed by atoms with van der Waals surface area (Å²) in [5, 5.41) is 19.0. The Labute approximate surface area is 137 Å². The second kappa shape index (κ2) is 8.10. The number of rotatable bonds is 7. The van der Waals surface area contributed by atoms with E-state index in [0.717, 1.165) is 10.6 Å². The molecule has 2 rings (SSSR count). The molecule has 0 spiro atoms. The third kappa shape index (κ3) is 4.32. The van der Waals surface area contributed by atoms with Gasteiger partial charge in [-0.3, -0.25) is 4.79 Å². The van der Waals surface area contributed by atoms with Crippen LogP contribution in [0.1, 0.15) is 21.7 Å². The second-order valence-electron chi connectivity index (χ2n) is 4.95. The van der Waals surface area contributed by atoms with Crippen LogP contribution in [0.4, 0.5) is 0 Å². The molecule has 0 radical (unpaired) electrons. The highest BCUT2D eigenvalue weighted by Gasteiger charge is 2.15. The van der Waals surface area contributed by atoms with Gasteiger partial charge in [0.2, 0.25) is 0 Å². The van der Waals surface area contributed by atoms with Crippen LogP contribution in [-0.4, -0.2) is 35.5 Å². The van der Waals surface area contributed by atoms with E-state index in [4.69, 9.17) is 14.4 Å². The molecule has 2 heterocycles. The van der Waals surface area contributed by atoms with Gasteiger partial charge in [0.15, 0.2) is 0 Å². The standard InChI is InChI=1S/C16H16N2O6/c1-22-16(21)12-5-11(6-17)15(20)18(7-12)8-13(19)9-23-10-14-3-2-4-24-14/h2-5,7,13,19H,8-10H2,1H3/t13-/m0/s1. The van der Waals surface area contributed by atoms with Gasteiger partial charge < -0.3 is 23.6 Å². The lowest BCUT2D eigenvalue weighted by Gasteiger charge is -2.14. The van der Waals surface area contributed by atoms with Crippen LogP contribution in [0.5, 0.6) is 0 Å². The van der Waals surface area contributed by atoms with Gasteiger partial charge in [-0.2, -0.15) is 5.26 Å². The molecule has 1 atom stereocenters. The Hall–Kier alpha value is -2.89. The summed E-state index contributed by atoms with van der Waals surface area (Å²) < 4.78 is 16.0. The number of hydrogen-bond donors (Lipinski definition) is 1. The molecule has 0 aliphatic heterocycles. The van der Waals surface area contributed by atoms with E-state index in [1.807, 2.05) is 0 Å². The summed E-state index contributed by atoms with van der Waals surface area (Å²) in [4.78, 5) is 23.7. The third-order valence-corrected chi connectivity index (χ3v) is 3.17. The van der Waals surface area contributed by atoms with Gasteiger partial charge in [-0.1, -0.05) is 0 Å². The maximum absolute atomic E-state index is 12.1. The van der Waals surface area contributed by atoms with Crippen molar-refractivity contribution in [1.29, 1.82) is 5.26 Å². The zero-order valence-corrected chi connectivity index (χ0v) is 13.0. The zero-order chi connectivity index (χ0) is 17.5. The zero-order valence-electron chi connectivity index (χ0n) is 13.0. The molecule has 0 aliphatic rings. The molecule has 1 N–H and O–H groups in total. The first-order chi connectivity index (χ1) is 11.5.